The van der Waals surface area contributed by atoms with Crippen molar-refractivity contribution >= 4 is 32.8 Å². The van der Waals surface area contributed by atoms with Gasteiger partial charge >= 0.3 is 0 Å². The number of likely N-dealkylation sites (N-methyl/N-ethyl adjacent to an activating group) is 1. The molecule has 0 saturated heterocycles. The maximum Gasteiger partial charge on any atom is 0.124 e. The van der Waals surface area contributed by atoms with Crippen molar-refractivity contribution in [2.45, 2.75) is 26.3 Å². The summed E-state index contributed by atoms with van der Waals surface area (Å²) in [7, 11) is 0. The highest BCUT2D eigenvalue weighted by molar-refractivity contribution is 7.19. The molecule has 0 saturated carbocycles. The number of rotatable bonds is 5. The number of nitrogens with one attached hydrogen (secondary N) is 1. The van der Waals surface area contributed by atoms with Crippen LogP contribution in [-0.2, 0) is 6.42 Å². The highest BCUT2D eigenvalue weighted by Gasteiger charge is 2.16. The van der Waals surface area contributed by atoms with Crippen LogP contribution in [0.3, 0.4) is 0 Å². The average Bonchev–Trinajstić information content (AvgIpc) is 3.04. The number of thiophene rings is 1. The van der Waals surface area contributed by atoms with Gasteiger partial charge in [-0.3, -0.25) is 0 Å². The summed E-state index contributed by atoms with van der Waals surface area (Å²) in [6.45, 7) is 5.02. The molecule has 1 unspecified atom stereocenters. The van der Waals surface area contributed by atoms with E-state index in [1.165, 1.54) is 10.9 Å². The fraction of sp³-hybridized carbons (Fsp3) is 0.312. The third-order valence-corrected chi connectivity index (χ3v) is 5.54. The van der Waals surface area contributed by atoms with Crippen LogP contribution in [0.5, 0.6) is 0 Å². The van der Waals surface area contributed by atoms with Crippen LogP contribution in [0.25, 0.3) is 10.1 Å². The standard InChI is InChI=1S/C16H17FN2S2/c1-3-18-13(8-16-19-10(2)9-20-16)15-6-11-4-5-12(17)7-14(11)21-15/h4-7,9,13,18H,3,8H2,1-2H3. The SMILES string of the molecule is CCNC(Cc1nc(C)cs1)c1cc2ccc(F)cc2s1. The van der Waals surface area contributed by atoms with Crippen molar-refractivity contribution in [3.05, 3.63) is 51.0 Å². The van der Waals surface area contributed by atoms with Crippen LogP contribution in [0, 0.1) is 12.7 Å². The lowest BCUT2D eigenvalue weighted by atomic mass is 10.1. The summed E-state index contributed by atoms with van der Waals surface area (Å²) in [5.74, 6) is -0.175. The molecule has 0 aliphatic rings. The van der Waals surface area contributed by atoms with Crippen LogP contribution in [-0.4, -0.2) is 11.5 Å². The average molecular weight is 320 g/mol. The number of fused-ring (bicyclic) bond motifs is 1. The van der Waals surface area contributed by atoms with Gasteiger partial charge in [0, 0.05) is 33.1 Å². The minimum atomic E-state index is -0.175. The summed E-state index contributed by atoms with van der Waals surface area (Å²) < 4.78 is 14.3. The van der Waals surface area contributed by atoms with Crippen molar-refractivity contribution in [3.8, 4) is 0 Å². The monoisotopic (exact) mass is 320 g/mol. The molecule has 0 aliphatic carbocycles. The number of nitrogens with zero attached hydrogens (tertiary/aromatic N) is 1. The van der Waals surface area contributed by atoms with Gasteiger partial charge < -0.3 is 5.32 Å². The molecule has 110 valence electrons. The van der Waals surface area contributed by atoms with Crippen LogP contribution < -0.4 is 5.32 Å². The van der Waals surface area contributed by atoms with E-state index >= 15 is 0 Å². The van der Waals surface area contributed by atoms with Crippen LogP contribution in [0.4, 0.5) is 4.39 Å². The molecule has 2 nitrogen and oxygen atoms in total. The minimum absolute atomic E-state index is 0.175. The zero-order valence-electron chi connectivity index (χ0n) is 12.0. The third kappa shape index (κ3) is 3.31. The van der Waals surface area contributed by atoms with Crippen LogP contribution in [0.15, 0.2) is 29.6 Å². The molecule has 2 heterocycles. The van der Waals surface area contributed by atoms with Gasteiger partial charge in [-0.2, -0.15) is 0 Å². The largest absolute Gasteiger partial charge is 0.309 e. The second-order valence-electron chi connectivity index (χ2n) is 5.03. The molecule has 0 bridgehead atoms. The first-order chi connectivity index (χ1) is 10.2. The third-order valence-electron chi connectivity index (χ3n) is 3.34. The highest BCUT2D eigenvalue weighted by atomic mass is 32.1. The van der Waals surface area contributed by atoms with Crippen LogP contribution in [0.2, 0.25) is 0 Å². The summed E-state index contributed by atoms with van der Waals surface area (Å²) in [5, 5.41) is 7.84. The van der Waals surface area contributed by atoms with Crippen molar-refractivity contribution in [1.29, 1.82) is 0 Å². The summed E-state index contributed by atoms with van der Waals surface area (Å²) >= 11 is 3.36. The van der Waals surface area contributed by atoms with Gasteiger partial charge in [0.25, 0.3) is 0 Å². The van der Waals surface area contributed by atoms with Crippen molar-refractivity contribution in [2.75, 3.05) is 6.54 Å². The van der Waals surface area contributed by atoms with Gasteiger partial charge in [0.2, 0.25) is 0 Å². The van der Waals surface area contributed by atoms with E-state index in [-0.39, 0.29) is 11.9 Å². The molecule has 0 fully saturated rings. The minimum Gasteiger partial charge on any atom is -0.309 e. The van der Waals surface area contributed by atoms with E-state index in [4.69, 9.17) is 0 Å². The Kier molecular flexibility index (Phi) is 4.33. The smallest absolute Gasteiger partial charge is 0.124 e. The zero-order chi connectivity index (χ0) is 14.8. The normalized spacial score (nSPS) is 12.9. The molecule has 0 spiro atoms. The molecule has 0 aliphatic heterocycles. The second-order valence-corrected chi connectivity index (χ2v) is 7.09. The number of hydrogen-bond donors (Lipinski definition) is 1. The Morgan fingerprint density at radius 1 is 1.33 bits per heavy atom. The number of hydrogen-bond acceptors (Lipinski definition) is 4. The second kappa shape index (κ2) is 6.22. The Balaban J connectivity index is 1.90. The first-order valence-electron chi connectivity index (χ1n) is 6.99. The molecular formula is C16H17FN2S2. The van der Waals surface area contributed by atoms with Crippen molar-refractivity contribution in [2.24, 2.45) is 0 Å². The van der Waals surface area contributed by atoms with Gasteiger partial charge in [-0.1, -0.05) is 13.0 Å². The van der Waals surface area contributed by atoms with Gasteiger partial charge in [-0.25, -0.2) is 9.37 Å². The van der Waals surface area contributed by atoms with Crippen LogP contribution in [0.1, 0.15) is 28.5 Å². The van der Waals surface area contributed by atoms with Gasteiger partial charge in [-0.05, 0) is 37.1 Å². The lowest BCUT2D eigenvalue weighted by Crippen LogP contribution is -2.22. The molecule has 0 amide bonds. The van der Waals surface area contributed by atoms with Gasteiger partial charge in [0.15, 0.2) is 0 Å². The molecule has 3 rings (SSSR count). The van der Waals surface area contributed by atoms with Gasteiger partial charge in [0.1, 0.15) is 5.82 Å². The number of aryl methyl sites for hydroxylation is 1. The molecule has 1 N–H and O–H groups in total. The highest BCUT2D eigenvalue weighted by Crippen LogP contribution is 2.32. The molecule has 1 aromatic carbocycles. The maximum absolute atomic E-state index is 13.3. The predicted octanol–water partition coefficient (Wildman–Crippen LogP) is 4.70. The van der Waals surface area contributed by atoms with E-state index in [1.807, 2.05) is 13.0 Å². The van der Waals surface area contributed by atoms with Crippen molar-refractivity contribution in [1.82, 2.24) is 10.3 Å². The zero-order valence-corrected chi connectivity index (χ0v) is 13.7. The topological polar surface area (TPSA) is 24.9 Å². The van der Waals surface area contributed by atoms with E-state index < -0.39 is 0 Å². The summed E-state index contributed by atoms with van der Waals surface area (Å²) in [6, 6.07) is 7.38. The molecule has 1 atom stereocenters. The summed E-state index contributed by atoms with van der Waals surface area (Å²) in [4.78, 5) is 5.79. The quantitative estimate of drug-likeness (QED) is 0.737. The number of aromatic nitrogens is 1. The fourth-order valence-corrected chi connectivity index (χ4v) is 4.37. The Hall–Kier alpha value is -1.30. The van der Waals surface area contributed by atoms with Crippen molar-refractivity contribution < 1.29 is 4.39 Å². The molecular weight excluding hydrogens is 303 g/mol. The van der Waals surface area contributed by atoms with E-state index in [0.29, 0.717) is 0 Å². The van der Waals surface area contributed by atoms with E-state index in [1.54, 1.807) is 28.7 Å². The Labute approximate surface area is 131 Å². The Bertz CT molecular complexity index is 748. The molecule has 3 aromatic rings. The Morgan fingerprint density at radius 3 is 2.90 bits per heavy atom. The Morgan fingerprint density at radius 2 is 2.19 bits per heavy atom. The molecule has 0 radical (unpaired) electrons. The van der Waals surface area contributed by atoms with E-state index in [0.717, 1.165) is 33.8 Å². The molecule has 5 heteroatoms. The van der Waals surface area contributed by atoms with Gasteiger partial charge in [-0.15, -0.1) is 22.7 Å². The van der Waals surface area contributed by atoms with E-state index in [2.05, 4.69) is 28.7 Å². The summed E-state index contributed by atoms with van der Waals surface area (Å²) in [5.41, 5.74) is 1.07. The number of thiazole rings is 1. The lowest BCUT2D eigenvalue weighted by Gasteiger charge is -2.14. The lowest BCUT2D eigenvalue weighted by molar-refractivity contribution is 0.557. The molecule has 2 aromatic heterocycles. The number of halogens is 1. The van der Waals surface area contributed by atoms with Crippen LogP contribution >= 0.6 is 22.7 Å². The van der Waals surface area contributed by atoms with Crippen molar-refractivity contribution in [3.63, 3.8) is 0 Å². The first kappa shape index (κ1) is 14.6. The maximum atomic E-state index is 13.3. The predicted molar refractivity (Wildman–Crippen MR) is 88.8 cm³/mol. The van der Waals surface area contributed by atoms with E-state index in [9.17, 15) is 4.39 Å². The fourth-order valence-electron chi connectivity index (χ4n) is 2.39. The first-order valence-corrected chi connectivity index (χ1v) is 8.68. The van der Waals surface area contributed by atoms with Gasteiger partial charge in [0.05, 0.1) is 5.01 Å². The summed E-state index contributed by atoms with van der Waals surface area (Å²) in [6.07, 6.45) is 0.877. The molecule has 21 heavy (non-hydrogen) atoms. The number of benzene rings is 1.